The summed E-state index contributed by atoms with van der Waals surface area (Å²) in [7, 11) is 0. The van der Waals surface area contributed by atoms with Crippen LogP contribution in [-0.4, -0.2) is 12.4 Å². The van der Waals surface area contributed by atoms with Crippen LogP contribution in [-0.2, 0) is 0 Å². The van der Waals surface area contributed by atoms with Crippen molar-refractivity contribution in [1.82, 2.24) is 0 Å². The van der Waals surface area contributed by atoms with Gasteiger partial charge in [-0.2, -0.15) is 0 Å². The molecule has 0 amide bonds. The third-order valence-electron chi connectivity index (χ3n) is 2.24. The predicted octanol–water partition coefficient (Wildman–Crippen LogP) is 3.97. The van der Waals surface area contributed by atoms with Gasteiger partial charge in [0.05, 0.1) is 9.21 Å². The lowest BCUT2D eigenvalue weighted by atomic mass is 10.2. The Balaban J connectivity index is 1.94. The highest BCUT2D eigenvalue weighted by molar-refractivity contribution is 7.18. The Hall–Kier alpha value is -1.32. The second kappa shape index (κ2) is 5.34. The van der Waals surface area contributed by atoms with Crippen molar-refractivity contribution in [2.75, 3.05) is 6.61 Å². The van der Waals surface area contributed by atoms with Gasteiger partial charge < -0.3 is 4.74 Å². The Morgan fingerprint density at radius 1 is 1.24 bits per heavy atom. The molecule has 0 fully saturated rings. The first-order valence-corrected chi connectivity index (χ1v) is 6.32. The minimum Gasteiger partial charge on any atom is -0.485 e. The molecule has 1 aromatic heterocycles. The van der Waals surface area contributed by atoms with Crippen molar-refractivity contribution in [3.63, 3.8) is 0 Å². The second-order valence-electron chi connectivity index (χ2n) is 3.63. The predicted molar refractivity (Wildman–Crippen MR) is 70.3 cm³/mol. The van der Waals surface area contributed by atoms with E-state index in [9.17, 15) is 4.79 Å². The molecular weight excluding hydrogens is 256 g/mol. The number of carbonyl (C=O) groups is 1. The van der Waals surface area contributed by atoms with Gasteiger partial charge in [-0.1, -0.05) is 29.3 Å². The summed E-state index contributed by atoms with van der Waals surface area (Å²) in [5.41, 5.74) is 1.16. The van der Waals surface area contributed by atoms with E-state index in [0.29, 0.717) is 15.0 Å². The maximum atomic E-state index is 11.7. The van der Waals surface area contributed by atoms with Gasteiger partial charge in [0.25, 0.3) is 0 Å². The molecule has 17 heavy (non-hydrogen) atoms. The van der Waals surface area contributed by atoms with E-state index in [0.717, 1.165) is 5.56 Å². The number of carbonyl (C=O) groups excluding carboxylic acids is 1. The van der Waals surface area contributed by atoms with Crippen LogP contribution in [0.15, 0.2) is 36.4 Å². The zero-order valence-electron chi connectivity index (χ0n) is 9.27. The average molecular weight is 267 g/mol. The second-order valence-corrected chi connectivity index (χ2v) is 5.34. The lowest BCUT2D eigenvalue weighted by Crippen LogP contribution is -2.09. The highest BCUT2D eigenvalue weighted by atomic mass is 35.5. The van der Waals surface area contributed by atoms with Crippen LogP contribution in [0.3, 0.4) is 0 Å². The monoisotopic (exact) mass is 266 g/mol. The molecule has 2 aromatic rings. The molecule has 88 valence electrons. The van der Waals surface area contributed by atoms with Crippen molar-refractivity contribution >= 4 is 28.7 Å². The maximum Gasteiger partial charge on any atom is 0.210 e. The SMILES string of the molecule is Cc1ccc(OCC(=O)c2ccc(Cl)s2)cc1. The van der Waals surface area contributed by atoms with E-state index in [1.165, 1.54) is 11.3 Å². The number of hydrogen-bond acceptors (Lipinski definition) is 3. The van der Waals surface area contributed by atoms with Gasteiger partial charge in [-0.3, -0.25) is 4.79 Å². The fraction of sp³-hybridized carbons (Fsp3) is 0.154. The molecule has 0 atom stereocenters. The number of Topliss-reactive ketones (excluding diaryl/α,β-unsaturated/α-hetero) is 1. The van der Waals surface area contributed by atoms with Crippen LogP contribution < -0.4 is 4.74 Å². The van der Waals surface area contributed by atoms with Crippen LogP contribution >= 0.6 is 22.9 Å². The smallest absolute Gasteiger partial charge is 0.210 e. The highest BCUT2D eigenvalue weighted by Gasteiger charge is 2.09. The Labute approximate surface area is 109 Å². The Morgan fingerprint density at radius 3 is 2.53 bits per heavy atom. The summed E-state index contributed by atoms with van der Waals surface area (Å²) in [4.78, 5) is 12.4. The molecule has 0 saturated heterocycles. The largest absolute Gasteiger partial charge is 0.485 e. The topological polar surface area (TPSA) is 26.3 Å². The molecule has 2 rings (SSSR count). The van der Waals surface area contributed by atoms with E-state index >= 15 is 0 Å². The normalized spacial score (nSPS) is 10.2. The zero-order chi connectivity index (χ0) is 12.3. The molecule has 0 aliphatic heterocycles. The highest BCUT2D eigenvalue weighted by Crippen LogP contribution is 2.22. The standard InChI is InChI=1S/C13H11ClO2S/c1-9-2-4-10(5-3-9)16-8-11(15)12-6-7-13(14)17-12/h2-7H,8H2,1H3. The van der Waals surface area contributed by atoms with Crippen molar-refractivity contribution in [3.8, 4) is 5.75 Å². The van der Waals surface area contributed by atoms with Gasteiger partial charge in [-0.15, -0.1) is 11.3 Å². The number of benzene rings is 1. The van der Waals surface area contributed by atoms with E-state index < -0.39 is 0 Å². The summed E-state index contributed by atoms with van der Waals surface area (Å²) in [5, 5.41) is 0. The molecule has 1 heterocycles. The van der Waals surface area contributed by atoms with Crippen LogP contribution in [0.4, 0.5) is 0 Å². The van der Waals surface area contributed by atoms with Gasteiger partial charge in [0, 0.05) is 0 Å². The summed E-state index contributed by atoms with van der Waals surface area (Å²) in [6.07, 6.45) is 0. The first-order valence-electron chi connectivity index (χ1n) is 5.13. The van der Waals surface area contributed by atoms with E-state index in [1.54, 1.807) is 12.1 Å². The van der Waals surface area contributed by atoms with Crippen molar-refractivity contribution in [2.45, 2.75) is 6.92 Å². The average Bonchev–Trinajstić information content (AvgIpc) is 2.75. The molecule has 0 bridgehead atoms. The summed E-state index contributed by atoms with van der Waals surface area (Å²) < 4.78 is 6.02. The first kappa shape index (κ1) is 12.1. The fourth-order valence-corrected chi connectivity index (χ4v) is 2.29. The molecule has 2 nitrogen and oxygen atoms in total. The minimum absolute atomic E-state index is 0.0416. The number of thiophene rings is 1. The van der Waals surface area contributed by atoms with E-state index in [2.05, 4.69) is 0 Å². The Bertz CT molecular complexity index is 516. The summed E-state index contributed by atoms with van der Waals surface area (Å²) in [6, 6.07) is 11.0. The number of hydrogen-bond donors (Lipinski definition) is 0. The third kappa shape index (κ3) is 3.32. The fourth-order valence-electron chi connectivity index (χ4n) is 1.32. The number of ether oxygens (including phenoxy) is 1. The Kier molecular flexibility index (Phi) is 3.82. The summed E-state index contributed by atoms with van der Waals surface area (Å²) in [5.74, 6) is 0.647. The number of halogens is 1. The summed E-state index contributed by atoms with van der Waals surface area (Å²) >= 11 is 7.03. The molecule has 0 spiro atoms. The molecular formula is C13H11ClO2S. The van der Waals surface area contributed by atoms with Gasteiger partial charge in [0.15, 0.2) is 6.61 Å². The lowest BCUT2D eigenvalue weighted by Gasteiger charge is -2.04. The quantitative estimate of drug-likeness (QED) is 0.783. The molecule has 0 radical (unpaired) electrons. The number of rotatable bonds is 4. The van der Waals surface area contributed by atoms with Crippen LogP contribution in [0.2, 0.25) is 4.34 Å². The van der Waals surface area contributed by atoms with E-state index in [4.69, 9.17) is 16.3 Å². The van der Waals surface area contributed by atoms with Crippen LogP contribution in [0, 0.1) is 6.92 Å². The van der Waals surface area contributed by atoms with E-state index in [-0.39, 0.29) is 12.4 Å². The van der Waals surface area contributed by atoms with Gasteiger partial charge in [0.2, 0.25) is 5.78 Å². The van der Waals surface area contributed by atoms with Crippen LogP contribution in [0.1, 0.15) is 15.2 Å². The van der Waals surface area contributed by atoms with Gasteiger partial charge >= 0.3 is 0 Å². The van der Waals surface area contributed by atoms with Crippen molar-refractivity contribution < 1.29 is 9.53 Å². The molecule has 0 aliphatic rings. The maximum absolute atomic E-state index is 11.7. The lowest BCUT2D eigenvalue weighted by molar-refractivity contribution is 0.0925. The Morgan fingerprint density at radius 2 is 1.94 bits per heavy atom. The van der Waals surface area contributed by atoms with Gasteiger partial charge in [0.1, 0.15) is 5.75 Å². The molecule has 4 heteroatoms. The molecule has 1 aromatic carbocycles. The van der Waals surface area contributed by atoms with Crippen molar-refractivity contribution in [2.24, 2.45) is 0 Å². The first-order chi connectivity index (χ1) is 8.15. The summed E-state index contributed by atoms with van der Waals surface area (Å²) in [6.45, 7) is 2.04. The third-order valence-corrected chi connectivity index (χ3v) is 3.51. The molecule has 0 saturated carbocycles. The van der Waals surface area contributed by atoms with Gasteiger partial charge in [-0.05, 0) is 31.2 Å². The van der Waals surface area contributed by atoms with Crippen molar-refractivity contribution in [1.29, 1.82) is 0 Å². The van der Waals surface area contributed by atoms with Crippen LogP contribution in [0.5, 0.6) is 5.75 Å². The van der Waals surface area contributed by atoms with Crippen molar-refractivity contribution in [3.05, 3.63) is 51.2 Å². The molecule has 0 N–H and O–H groups in total. The van der Waals surface area contributed by atoms with Gasteiger partial charge in [-0.25, -0.2) is 0 Å². The number of aryl methyl sites for hydroxylation is 1. The van der Waals surface area contributed by atoms with E-state index in [1.807, 2.05) is 31.2 Å². The van der Waals surface area contributed by atoms with Crippen LogP contribution in [0.25, 0.3) is 0 Å². The molecule has 0 unspecified atom stereocenters. The molecule has 0 aliphatic carbocycles. The number of ketones is 1. The zero-order valence-corrected chi connectivity index (χ0v) is 10.8. The minimum atomic E-state index is -0.0533.